The Kier molecular flexibility index (Phi) is 5.31. The Morgan fingerprint density at radius 2 is 1.92 bits per heavy atom. The lowest BCUT2D eigenvalue weighted by Crippen LogP contribution is -2.60. The maximum Gasteiger partial charge on any atom is 0.333 e. The number of hydrogen-bond acceptors (Lipinski definition) is 4. The van der Waals surface area contributed by atoms with Crippen molar-refractivity contribution < 1.29 is 19.4 Å². The number of esters is 1. The molecule has 0 spiro atoms. The average Bonchev–Trinajstić information content (AvgIpc) is 2.78. The van der Waals surface area contributed by atoms with Crippen LogP contribution in [0.3, 0.4) is 0 Å². The van der Waals surface area contributed by atoms with Crippen LogP contribution in [0, 0.1) is 28.1 Å². The lowest BCUT2D eigenvalue weighted by molar-refractivity contribution is -0.187. The third kappa shape index (κ3) is 2.84. The molecule has 148 valence electrons. The van der Waals surface area contributed by atoms with E-state index in [0.29, 0.717) is 29.2 Å². The van der Waals surface area contributed by atoms with Gasteiger partial charge in [0.1, 0.15) is 0 Å². The number of hydrogen-bond donors (Lipinski definition) is 1. The van der Waals surface area contributed by atoms with Gasteiger partial charge in [0, 0.05) is 24.5 Å². The predicted octanol–water partition coefficient (Wildman–Crippen LogP) is 4.12. The Morgan fingerprint density at radius 3 is 2.54 bits per heavy atom. The fourth-order valence-corrected chi connectivity index (χ4v) is 7.09. The zero-order valence-electron chi connectivity index (χ0n) is 17.1. The van der Waals surface area contributed by atoms with E-state index in [9.17, 15) is 9.90 Å². The molecule has 2 saturated carbocycles. The highest BCUT2D eigenvalue weighted by Crippen LogP contribution is 2.66. The van der Waals surface area contributed by atoms with Crippen LogP contribution in [0.2, 0.25) is 0 Å². The first-order chi connectivity index (χ1) is 12.2. The summed E-state index contributed by atoms with van der Waals surface area (Å²) in [5, 5.41) is 10.6. The predicted molar refractivity (Wildman–Crippen MR) is 102 cm³/mol. The van der Waals surface area contributed by atoms with Crippen molar-refractivity contribution in [3.8, 4) is 0 Å². The quantitative estimate of drug-likeness (QED) is 0.766. The Bertz CT molecular complexity index is 581. The zero-order valence-corrected chi connectivity index (χ0v) is 17.1. The van der Waals surface area contributed by atoms with Crippen LogP contribution in [0.15, 0.2) is 11.6 Å². The lowest BCUT2D eigenvalue weighted by Gasteiger charge is -2.63. The Balaban J connectivity index is 2.07. The van der Waals surface area contributed by atoms with Crippen molar-refractivity contribution in [2.24, 2.45) is 28.1 Å². The summed E-state index contributed by atoms with van der Waals surface area (Å²) in [5.41, 5.74) is 0.927. The molecule has 26 heavy (non-hydrogen) atoms. The van der Waals surface area contributed by atoms with Crippen molar-refractivity contribution in [2.75, 3.05) is 20.8 Å². The summed E-state index contributed by atoms with van der Waals surface area (Å²) in [6, 6.07) is 0. The van der Waals surface area contributed by atoms with E-state index in [0.717, 1.165) is 19.3 Å². The van der Waals surface area contributed by atoms with Crippen molar-refractivity contribution in [1.29, 1.82) is 0 Å². The van der Waals surface area contributed by atoms with Crippen LogP contribution < -0.4 is 0 Å². The van der Waals surface area contributed by atoms with Crippen LogP contribution >= 0.6 is 0 Å². The zero-order chi connectivity index (χ0) is 19.2. The number of aliphatic hydroxyl groups excluding tert-OH is 1. The molecule has 2 fully saturated rings. The Hall–Kier alpha value is -0.870. The summed E-state index contributed by atoms with van der Waals surface area (Å²) in [6.07, 6.45) is 9.12. The number of methoxy groups -OCH3 is 2. The summed E-state index contributed by atoms with van der Waals surface area (Å²) < 4.78 is 10.9. The molecule has 5 atom stereocenters. The molecule has 0 aliphatic heterocycles. The van der Waals surface area contributed by atoms with Gasteiger partial charge in [-0.1, -0.05) is 33.3 Å². The number of aliphatic hydroxyl groups is 1. The van der Waals surface area contributed by atoms with Crippen LogP contribution in [0.25, 0.3) is 0 Å². The van der Waals surface area contributed by atoms with E-state index >= 15 is 0 Å². The van der Waals surface area contributed by atoms with Gasteiger partial charge in [-0.2, -0.15) is 0 Å². The first-order valence-corrected chi connectivity index (χ1v) is 10.2. The van der Waals surface area contributed by atoms with Gasteiger partial charge in [-0.15, -0.1) is 0 Å². The lowest BCUT2D eigenvalue weighted by atomic mass is 9.42. The second kappa shape index (κ2) is 6.94. The van der Waals surface area contributed by atoms with Crippen molar-refractivity contribution in [3.63, 3.8) is 0 Å². The molecular weight excluding hydrogens is 328 g/mol. The van der Waals surface area contributed by atoms with Gasteiger partial charge in [0.15, 0.2) is 0 Å². The van der Waals surface area contributed by atoms with E-state index < -0.39 is 0 Å². The van der Waals surface area contributed by atoms with Crippen molar-refractivity contribution >= 4 is 5.97 Å². The van der Waals surface area contributed by atoms with Gasteiger partial charge in [0.2, 0.25) is 0 Å². The van der Waals surface area contributed by atoms with Crippen LogP contribution in [0.5, 0.6) is 0 Å². The largest absolute Gasteiger partial charge is 0.466 e. The number of allylic oxidation sites excluding steroid dienone is 1. The standard InChI is InChI=1S/C22H36O4/c1-20(2)10-6-11-21(3)16(20)9-12-22(14-23)17(21)8-7-15(19(24)26-5)13-18(22)25-4/h7,16-18,23H,6,8-14H2,1-5H3. The van der Waals surface area contributed by atoms with Crippen molar-refractivity contribution in [2.45, 2.75) is 71.8 Å². The molecule has 0 amide bonds. The second-order valence-corrected chi connectivity index (χ2v) is 9.77. The fourth-order valence-electron chi connectivity index (χ4n) is 7.09. The van der Waals surface area contributed by atoms with Gasteiger partial charge in [0.05, 0.1) is 19.8 Å². The number of fused-ring (bicyclic) bond motifs is 3. The molecule has 3 aliphatic carbocycles. The van der Waals surface area contributed by atoms with Gasteiger partial charge in [-0.3, -0.25) is 0 Å². The third-order valence-electron chi connectivity index (χ3n) is 8.34. The third-order valence-corrected chi connectivity index (χ3v) is 8.34. The maximum absolute atomic E-state index is 12.2. The van der Waals surface area contributed by atoms with Crippen LogP contribution in [-0.2, 0) is 14.3 Å². The molecule has 0 bridgehead atoms. The number of ether oxygens (including phenoxy) is 2. The molecule has 0 aromatic rings. The minimum absolute atomic E-state index is 0.126. The van der Waals surface area contributed by atoms with Gasteiger partial charge < -0.3 is 14.6 Å². The number of carbonyl (C=O) groups is 1. The van der Waals surface area contributed by atoms with E-state index in [4.69, 9.17) is 9.47 Å². The molecule has 0 aromatic heterocycles. The first kappa shape index (κ1) is 19.9. The minimum atomic E-state index is -0.278. The summed E-state index contributed by atoms with van der Waals surface area (Å²) in [5.74, 6) is 0.717. The molecule has 3 aliphatic rings. The van der Waals surface area contributed by atoms with Gasteiger partial charge in [-0.05, 0) is 54.8 Å². The smallest absolute Gasteiger partial charge is 0.333 e. The molecule has 0 saturated heterocycles. The van der Waals surface area contributed by atoms with E-state index in [1.807, 2.05) is 0 Å². The van der Waals surface area contributed by atoms with Gasteiger partial charge >= 0.3 is 5.97 Å². The van der Waals surface area contributed by atoms with E-state index in [1.54, 1.807) is 7.11 Å². The monoisotopic (exact) mass is 364 g/mol. The van der Waals surface area contributed by atoms with E-state index in [-0.39, 0.29) is 29.5 Å². The second-order valence-electron chi connectivity index (χ2n) is 9.77. The molecule has 3 rings (SSSR count). The van der Waals surface area contributed by atoms with Crippen molar-refractivity contribution in [1.82, 2.24) is 0 Å². The highest BCUT2D eigenvalue weighted by atomic mass is 16.5. The normalized spacial score (nSPS) is 42.1. The summed E-state index contributed by atoms with van der Waals surface area (Å²) in [6.45, 7) is 7.40. The van der Waals surface area contributed by atoms with Crippen LogP contribution in [0.1, 0.15) is 65.7 Å². The highest BCUT2D eigenvalue weighted by Gasteiger charge is 2.62. The first-order valence-electron chi connectivity index (χ1n) is 10.2. The van der Waals surface area contributed by atoms with Gasteiger partial charge in [0.25, 0.3) is 0 Å². The Morgan fingerprint density at radius 1 is 1.19 bits per heavy atom. The summed E-state index contributed by atoms with van der Waals surface area (Å²) in [4.78, 5) is 12.2. The highest BCUT2D eigenvalue weighted by molar-refractivity contribution is 5.88. The van der Waals surface area contributed by atoms with Gasteiger partial charge in [-0.25, -0.2) is 4.79 Å². The Labute approximate surface area is 158 Å². The average molecular weight is 365 g/mol. The molecule has 0 heterocycles. The topological polar surface area (TPSA) is 55.8 Å². The molecule has 4 heteroatoms. The summed E-state index contributed by atoms with van der Waals surface area (Å²) >= 11 is 0. The number of rotatable bonds is 3. The maximum atomic E-state index is 12.2. The molecule has 4 nitrogen and oxygen atoms in total. The molecular formula is C22H36O4. The molecule has 5 unspecified atom stereocenters. The van der Waals surface area contributed by atoms with E-state index in [1.165, 1.54) is 26.4 Å². The molecule has 0 radical (unpaired) electrons. The minimum Gasteiger partial charge on any atom is -0.466 e. The fraction of sp³-hybridized carbons (Fsp3) is 0.864. The van der Waals surface area contributed by atoms with Crippen molar-refractivity contribution in [3.05, 3.63) is 11.6 Å². The SMILES string of the molecule is COC(=O)C1=CCC2C3(C)CCCC(C)(C)C3CCC2(CO)C(OC)C1. The number of carbonyl (C=O) groups excluding carboxylic acids is 1. The molecule has 1 N–H and O–H groups in total. The summed E-state index contributed by atoms with van der Waals surface area (Å²) in [7, 11) is 3.16. The van der Waals surface area contributed by atoms with E-state index in [2.05, 4.69) is 26.8 Å². The molecule has 0 aromatic carbocycles. The van der Waals surface area contributed by atoms with Crippen LogP contribution in [0.4, 0.5) is 0 Å². The van der Waals surface area contributed by atoms with Crippen LogP contribution in [-0.4, -0.2) is 38.0 Å².